The Morgan fingerprint density at radius 1 is 1.07 bits per heavy atom. The van der Waals surface area contributed by atoms with Crippen LogP contribution in [0.4, 0.5) is 5.82 Å². The predicted molar refractivity (Wildman–Crippen MR) is 121 cm³/mol. The van der Waals surface area contributed by atoms with E-state index in [1.165, 1.54) is 28.7 Å². The Hall–Kier alpha value is -2.03. The van der Waals surface area contributed by atoms with Gasteiger partial charge in [-0.2, -0.15) is 0 Å². The Balaban J connectivity index is 1.27. The van der Waals surface area contributed by atoms with Gasteiger partial charge in [-0.3, -0.25) is 0 Å². The van der Waals surface area contributed by atoms with Crippen molar-refractivity contribution in [1.82, 2.24) is 14.3 Å². The number of nitrogens with one attached hydrogen (secondary N) is 1. The first-order chi connectivity index (χ1) is 14.6. The zero-order chi connectivity index (χ0) is 20.6. The lowest BCUT2D eigenvalue weighted by molar-refractivity contribution is 0.329. The molecule has 1 aliphatic carbocycles. The number of aryl methyl sites for hydroxylation is 2. The summed E-state index contributed by atoms with van der Waals surface area (Å²) in [4.78, 5) is 11.6. The summed E-state index contributed by atoms with van der Waals surface area (Å²) in [7, 11) is -3.29. The molecule has 2 aromatic heterocycles. The van der Waals surface area contributed by atoms with Crippen LogP contribution in [0.1, 0.15) is 41.7 Å². The maximum atomic E-state index is 12.8. The first kappa shape index (κ1) is 19.9. The molecule has 158 valence electrons. The zero-order valence-electron chi connectivity index (χ0n) is 16.9. The second-order valence-corrected chi connectivity index (χ2v) is 11.2. The number of hydrogen-bond donors (Lipinski definition) is 1. The molecular weight excluding hydrogens is 416 g/mol. The molecule has 2 aliphatic rings. The van der Waals surface area contributed by atoms with Crippen LogP contribution >= 0.6 is 11.3 Å². The van der Waals surface area contributed by atoms with Crippen LogP contribution in [0.3, 0.4) is 0 Å². The van der Waals surface area contributed by atoms with E-state index in [1.54, 1.807) is 22.0 Å². The van der Waals surface area contributed by atoms with Crippen molar-refractivity contribution in [2.75, 3.05) is 18.4 Å². The zero-order valence-corrected chi connectivity index (χ0v) is 18.5. The van der Waals surface area contributed by atoms with Crippen LogP contribution in [0.15, 0.2) is 36.7 Å². The van der Waals surface area contributed by atoms with Gasteiger partial charge in [0.25, 0.3) is 0 Å². The summed E-state index contributed by atoms with van der Waals surface area (Å²) in [6.07, 6.45) is 7.95. The van der Waals surface area contributed by atoms with Gasteiger partial charge in [0, 0.05) is 24.0 Å². The quantitative estimate of drug-likeness (QED) is 0.647. The van der Waals surface area contributed by atoms with E-state index >= 15 is 0 Å². The van der Waals surface area contributed by atoms with Crippen molar-refractivity contribution in [3.63, 3.8) is 0 Å². The van der Waals surface area contributed by atoms with E-state index in [0.717, 1.165) is 41.9 Å². The fraction of sp³-hybridized carbons (Fsp3) is 0.455. The molecule has 5 rings (SSSR count). The Kier molecular flexibility index (Phi) is 5.47. The molecule has 0 amide bonds. The van der Waals surface area contributed by atoms with Gasteiger partial charge in [-0.05, 0) is 49.7 Å². The summed E-state index contributed by atoms with van der Waals surface area (Å²) in [6.45, 7) is 1.09. The minimum atomic E-state index is -3.29. The summed E-state index contributed by atoms with van der Waals surface area (Å²) in [5.41, 5.74) is 2.26. The molecule has 1 aliphatic heterocycles. The van der Waals surface area contributed by atoms with E-state index in [-0.39, 0.29) is 11.8 Å². The minimum absolute atomic E-state index is 0.0690. The monoisotopic (exact) mass is 442 g/mol. The number of benzene rings is 1. The van der Waals surface area contributed by atoms with E-state index in [4.69, 9.17) is 0 Å². The minimum Gasteiger partial charge on any atom is -0.367 e. The third kappa shape index (κ3) is 3.96. The highest BCUT2D eigenvalue weighted by atomic mass is 32.2. The molecule has 3 aromatic rings. The van der Waals surface area contributed by atoms with Crippen LogP contribution in [0.5, 0.6) is 0 Å². The summed E-state index contributed by atoms with van der Waals surface area (Å²) in [6, 6.07) is 9.63. The van der Waals surface area contributed by atoms with Crippen molar-refractivity contribution >= 4 is 37.4 Å². The number of hydrogen-bond acceptors (Lipinski definition) is 6. The molecule has 1 aromatic carbocycles. The molecular formula is C22H26N4O2S2. The van der Waals surface area contributed by atoms with E-state index < -0.39 is 10.0 Å². The standard InChI is InChI=1S/C22H26N4O2S2/c27-30(28,14-16-6-2-1-3-7-16)26-12-10-17(11-13-26)25-21-20-18-8-4-5-9-19(18)29-22(20)24-15-23-21/h1-3,6-7,15,17H,4-5,8-14H2,(H,23,24,25). The second kappa shape index (κ2) is 8.24. The van der Waals surface area contributed by atoms with Crippen LogP contribution in [-0.2, 0) is 28.6 Å². The fourth-order valence-electron chi connectivity index (χ4n) is 4.55. The molecule has 1 fully saturated rings. The van der Waals surface area contributed by atoms with Gasteiger partial charge in [0.2, 0.25) is 10.0 Å². The highest BCUT2D eigenvalue weighted by Gasteiger charge is 2.29. The van der Waals surface area contributed by atoms with Gasteiger partial charge in [-0.15, -0.1) is 11.3 Å². The van der Waals surface area contributed by atoms with Gasteiger partial charge in [-0.1, -0.05) is 30.3 Å². The molecule has 1 saturated heterocycles. The lowest BCUT2D eigenvalue weighted by Gasteiger charge is -2.32. The highest BCUT2D eigenvalue weighted by molar-refractivity contribution is 7.88. The smallest absolute Gasteiger partial charge is 0.218 e. The first-order valence-electron chi connectivity index (χ1n) is 10.6. The lowest BCUT2D eigenvalue weighted by Crippen LogP contribution is -2.42. The van der Waals surface area contributed by atoms with Crippen molar-refractivity contribution in [1.29, 1.82) is 0 Å². The number of piperidine rings is 1. The largest absolute Gasteiger partial charge is 0.367 e. The van der Waals surface area contributed by atoms with Crippen LogP contribution in [0.25, 0.3) is 10.2 Å². The van der Waals surface area contributed by atoms with Crippen LogP contribution in [0.2, 0.25) is 0 Å². The third-order valence-corrected chi connectivity index (χ3v) is 9.18. The van der Waals surface area contributed by atoms with Gasteiger partial charge in [0.1, 0.15) is 17.0 Å². The van der Waals surface area contributed by atoms with Crippen molar-refractivity contribution in [3.8, 4) is 0 Å². The number of sulfonamides is 1. The number of anilines is 1. The van der Waals surface area contributed by atoms with Gasteiger partial charge >= 0.3 is 0 Å². The molecule has 0 atom stereocenters. The average Bonchev–Trinajstić information content (AvgIpc) is 3.14. The van der Waals surface area contributed by atoms with Gasteiger partial charge < -0.3 is 5.32 Å². The Morgan fingerprint density at radius 3 is 2.63 bits per heavy atom. The summed E-state index contributed by atoms with van der Waals surface area (Å²) in [5, 5.41) is 4.81. The molecule has 3 heterocycles. The molecule has 8 heteroatoms. The lowest BCUT2D eigenvalue weighted by atomic mass is 9.97. The summed E-state index contributed by atoms with van der Waals surface area (Å²) in [5.74, 6) is 0.990. The average molecular weight is 443 g/mol. The number of rotatable bonds is 5. The van der Waals surface area contributed by atoms with Crippen LogP contribution in [-0.4, -0.2) is 41.8 Å². The molecule has 30 heavy (non-hydrogen) atoms. The molecule has 1 N–H and O–H groups in total. The van der Waals surface area contributed by atoms with E-state index in [0.29, 0.717) is 13.1 Å². The molecule has 0 radical (unpaired) electrons. The highest BCUT2D eigenvalue weighted by Crippen LogP contribution is 2.38. The van der Waals surface area contributed by atoms with Gasteiger partial charge in [-0.25, -0.2) is 22.7 Å². The first-order valence-corrected chi connectivity index (χ1v) is 13.1. The van der Waals surface area contributed by atoms with Gasteiger partial charge in [0.15, 0.2) is 0 Å². The summed E-state index contributed by atoms with van der Waals surface area (Å²) >= 11 is 1.80. The normalized spacial score (nSPS) is 18.4. The van der Waals surface area contributed by atoms with Crippen molar-refractivity contribution in [2.24, 2.45) is 0 Å². The third-order valence-electron chi connectivity index (χ3n) is 6.13. The Labute approximate surface area is 181 Å². The molecule has 0 spiro atoms. The number of fused-ring (bicyclic) bond motifs is 3. The molecule has 0 bridgehead atoms. The molecule has 6 nitrogen and oxygen atoms in total. The van der Waals surface area contributed by atoms with Crippen LogP contribution < -0.4 is 5.32 Å². The topological polar surface area (TPSA) is 75.2 Å². The van der Waals surface area contributed by atoms with E-state index in [9.17, 15) is 8.42 Å². The predicted octanol–water partition coefficient (Wildman–Crippen LogP) is 3.98. The Morgan fingerprint density at radius 2 is 1.83 bits per heavy atom. The van der Waals surface area contributed by atoms with Gasteiger partial charge in [0.05, 0.1) is 11.1 Å². The van der Waals surface area contributed by atoms with Crippen molar-refractivity contribution in [3.05, 3.63) is 52.7 Å². The van der Waals surface area contributed by atoms with Crippen molar-refractivity contribution in [2.45, 2.75) is 50.3 Å². The maximum absolute atomic E-state index is 12.8. The second-order valence-electron chi connectivity index (χ2n) is 8.17. The van der Waals surface area contributed by atoms with E-state index in [1.807, 2.05) is 30.3 Å². The SMILES string of the molecule is O=S(=O)(Cc1ccccc1)N1CCC(Nc2ncnc3sc4c(c23)CCCC4)CC1. The fourth-order valence-corrected chi connectivity index (χ4v) is 7.34. The number of thiophene rings is 1. The number of aromatic nitrogens is 2. The van der Waals surface area contributed by atoms with Crippen molar-refractivity contribution < 1.29 is 8.42 Å². The maximum Gasteiger partial charge on any atom is 0.218 e. The Bertz CT molecular complexity index is 1140. The van der Waals surface area contributed by atoms with Crippen LogP contribution in [0, 0.1) is 0 Å². The van der Waals surface area contributed by atoms with E-state index in [2.05, 4.69) is 15.3 Å². The summed E-state index contributed by atoms with van der Waals surface area (Å²) < 4.78 is 27.3. The molecule has 0 unspecified atom stereocenters. The molecule has 0 saturated carbocycles. The number of nitrogens with zero attached hydrogens (tertiary/aromatic N) is 3.